The number of pyridine rings is 1. The Morgan fingerprint density at radius 1 is 1.05 bits per heavy atom. The zero-order chi connectivity index (χ0) is 13.5. The molecule has 0 aliphatic carbocycles. The van der Waals surface area contributed by atoms with E-state index in [-0.39, 0.29) is 5.78 Å². The van der Waals surface area contributed by atoms with E-state index < -0.39 is 0 Å². The second-order valence-electron chi connectivity index (χ2n) is 4.56. The molecule has 2 N–H and O–H groups in total. The van der Waals surface area contributed by atoms with Crippen LogP contribution in [-0.2, 0) is 0 Å². The van der Waals surface area contributed by atoms with Crippen molar-refractivity contribution in [3.05, 3.63) is 60.0 Å². The molecule has 0 atom stereocenters. The Morgan fingerprint density at radius 3 is 2.70 bits per heavy atom. The summed E-state index contributed by atoms with van der Waals surface area (Å²) in [4.78, 5) is 19.6. The van der Waals surface area contributed by atoms with Crippen LogP contribution in [0.3, 0.4) is 0 Å². The second kappa shape index (κ2) is 4.03. The topological polar surface area (TPSA) is 74.4 Å². The highest BCUT2D eigenvalue weighted by molar-refractivity contribution is 6.18. The van der Waals surface area contributed by atoms with Gasteiger partial charge in [0.05, 0.1) is 5.52 Å². The van der Waals surface area contributed by atoms with Gasteiger partial charge in [0.15, 0.2) is 0 Å². The molecule has 0 amide bonds. The predicted octanol–water partition coefficient (Wildman–Crippen LogP) is 2.67. The lowest BCUT2D eigenvalue weighted by Gasteiger charge is -1.96. The highest BCUT2D eigenvalue weighted by atomic mass is 16.1. The van der Waals surface area contributed by atoms with Crippen LogP contribution in [0.1, 0.15) is 16.1 Å². The molecule has 5 heteroatoms. The van der Waals surface area contributed by atoms with Crippen LogP contribution in [0.25, 0.3) is 21.9 Å². The van der Waals surface area contributed by atoms with E-state index in [2.05, 4.69) is 20.2 Å². The van der Waals surface area contributed by atoms with Crippen molar-refractivity contribution < 1.29 is 4.79 Å². The van der Waals surface area contributed by atoms with E-state index in [9.17, 15) is 4.79 Å². The van der Waals surface area contributed by atoms with Gasteiger partial charge in [-0.2, -0.15) is 5.10 Å². The third kappa shape index (κ3) is 1.46. The average Bonchev–Trinajstić information content (AvgIpc) is 3.06. The second-order valence-corrected chi connectivity index (χ2v) is 4.56. The van der Waals surface area contributed by atoms with Crippen molar-refractivity contribution in [3.8, 4) is 0 Å². The van der Waals surface area contributed by atoms with Crippen LogP contribution < -0.4 is 0 Å². The summed E-state index contributed by atoms with van der Waals surface area (Å²) in [7, 11) is 0. The van der Waals surface area contributed by atoms with Gasteiger partial charge in [0.2, 0.25) is 5.78 Å². The van der Waals surface area contributed by atoms with Gasteiger partial charge in [0, 0.05) is 28.9 Å². The van der Waals surface area contributed by atoms with E-state index in [0.717, 1.165) is 21.9 Å². The molecule has 0 aliphatic rings. The molecule has 20 heavy (non-hydrogen) atoms. The lowest BCUT2D eigenvalue weighted by Crippen LogP contribution is -2.02. The maximum absolute atomic E-state index is 12.5. The van der Waals surface area contributed by atoms with Crippen LogP contribution in [0.15, 0.2) is 48.8 Å². The van der Waals surface area contributed by atoms with E-state index in [1.54, 1.807) is 24.5 Å². The van der Waals surface area contributed by atoms with Crippen LogP contribution in [0.4, 0.5) is 0 Å². The van der Waals surface area contributed by atoms with Gasteiger partial charge in [-0.1, -0.05) is 18.2 Å². The molecule has 0 unspecified atom stereocenters. The highest BCUT2D eigenvalue weighted by Crippen LogP contribution is 2.26. The van der Waals surface area contributed by atoms with Gasteiger partial charge in [-0.15, -0.1) is 0 Å². The number of nitrogens with zero attached hydrogens (tertiary/aromatic N) is 2. The number of fused-ring (bicyclic) bond motifs is 3. The van der Waals surface area contributed by atoms with Crippen molar-refractivity contribution in [2.24, 2.45) is 0 Å². The molecule has 3 aromatic heterocycles. The smallest absolute Gasteiger partial charge is 0.213 e. The molecular weight excluding hydrogens is 252 g/mol. The molecule has 1 aromatic carbocycles. The molecule has 0 spiro atoms. The summed E-state index contributed by atoms with van der Waals surface area (Å²) in [5.74, 6) is -0.0959. The Bertz CT molecular complexity index is 921. The van der Waals surface area contributed by atoms with E-state index >= 15 is 0 Å². The molecule has 0 fully saturated rings. The molecule has 4 rings (SSSR count). The monoisotopic (exact) mass is 262 g/mol. The third-order valence-electron chi connectivity index (χ3n) is 3.38. The first kappa shape index (κ1) is 10.9. The van der Waals surface area contributed by atoms with Gasteiger partial charge in [-0.3, -0.25) is 14.9 Å². The first-order chi connectivity index (χ1) is 9.84. The van der Waals surface area contributed by atoms with Gasteiger partial charge in [-0.05, 0) is 18.2 Å². The lowest BCUT2D eigenvalue weighted by molar-refractivity contribution is 0.103. The average molecular weight is 262 g/mol. The van der Waals surface area contributed by atoms with E-state index in [1.165, 1.54) is 0 Å². The van der Waals surface area contributed by atoms with E-state index in [4.69, 9.17) is 0 Å². The first-order valence-corrected chi connectivity index (χ1v) is 6.24. The maximum Gasteiger partial charge on any atom is 0.213 e. The number of H-pyrrole nitrogens is 2. The van der Waals surface area contributed by atoms with Gasteiger partial charge in [0.1, 0.15) is 11.2 Å². The maximum atomic E-state index is 12.5. The normalized spacial score (nSPS) is 11.2. The fraction of sp³-hybridized carbons (Fsp3) is 0. The molecule has 96 valence electrons. The summed E-state index contributed by atoms with van der Waals surface area (Å²) in [5.41, 5.74) is 3.57. The molecule has 0 aliphatic heterocycles. The molecule has 0 saturated heterocycles. The van der Waals surface area contributed by atoms with Gasteiger partial charge in [0.25, 0.3) is 0 Å². The fourth-order valence-corrected chi connectivity index (χ4v) is 2.40. The Morgan fingerprint density at radius 2 is 1.85 bits per heavy atom. The summed E-state index contributed by atoms with van der Waals surface area (Å²) in [5, 5.41) is 8.10. The van der Waals surface area contributed by atoms with Crippen molar-refractivity contribution in [2.75, 3.05) is 0 Å². The SMILES string of the molecule is O=C(c1ccncc1)c1[nH]nc2c1[nH]c1ccccc12. The number of hydrogen-bond acceptors (Lipinski definition) is 3. The van der Waals surface area contributed by atoms with Crippen LogP contribution >= 0.6 is 0 Å². The molecule has 4 aromatic rings. The number of carbonyl (C=O) groups excluding carboxylic acids is 1. The lowest BCUT2D eigenvalue weighted by atomic mass is 10.1. The number of rotatable bonds is 2. The van der Waals surface area contributed by atoms with Crippen LogP contribution in [-0.4, -0.2) is 25.9 Å². The minimum atomic E-state index is -0.0959. The highest BCUT2D eigenvalue weighted by Gasteiger charge is 2.18. The fourth-order valence-electron chi connectivity index (χ4n) is 2.40. The molecule has 3 heterocycles. The first-order valence-electron chi connectivity index (χ1n) is 6.24. The minimum absolute atomic E-state index is 0.0959. The number of carbonyl (C=O) groups is 1. The predicted molar refractivity (Wildman–Crippen MR) is 75.6 cm³/mol. The number of hydrogen-bond donors (Lipinski definition) is 2. The quantitative estimate of drug-likeness (QED) is 0.545. The number of aromatic amines is 2. The number of aromatic nitrogens is 4. The Labute approximate surface area is 113 Å². The Kier molecular flexibility index (Phi) is 2.20. The summed E-state index contributed by atoms with van der Waals surface area (Å²) >= 11 is 0. The molecular formula is C15H10N4O. The largest absolute Gasteiger partial charge is 0.351 e. The van der Waals surface area contributed by atoms with Gasteiger partial charge < -0.3 is 4.98 Å². The third-order valence-corrected chi connectivity index (χ3v) is 3.38. The van der Waals surface area contributed by atoms with Crippen molar-refractivity contribution >= 4 is 27.7 Å². The zero-order valence-corrected chi connectivity index (χ0v) is 10.4. The zero-order valence-electron chi connectivity index (χ0n) is 10.4. The van der Waals surface area contributed by atoms with Crippen molar-refractivity contribution in [1.82, 2.24) is 20.2 Å². The van der Waals surface area contributed by atoms with Crippen molar-refractivity contribution in [2.45, 2.75) is 0 Å². The molecule has 0 saturated carbocycles. The Hall–Kier alpha value is -2.95. The Balaban J connectivity index is 1.95. The van der Waals surface area contributed by atoms with E-state index in [1.807, 2.05) is 24.3 Å². The standard InChI is InChI=1S/C15H10N4O/c20-15(9-5-7-16-8-6-9)14-13-12(18-19-14)10-3-1-2-4-11(10)17-13/h1-8,17H,(H,18,19). The summed E-state index contributed by atoms with van der Waals surface area (Å²) < 4.78 is 0. The summed E-state index contributed by atoms with van der Waals surface area (Å²) in [6, 6.07) is 11.2. The van der Waals surface area contributed by atoms with Gasteiger partial charge in [-0.25, -0.2) is 0 Å². The number of para-hydroxylation sites is 1. The van der Waals surface area contributed by atoms with Crippen LogP contribution in [0.2, 0.25) is 0 Å². The number of ketones is 1. The molecule has 5 nitrogen and oxygen atoms in total. The minimum Gasteiger partial charge on any atom is -0.351 e. The summed E-state index contributed by atoms with van der Waals surface area (Å²) in [6.45, 7) is 0. The van der Waals surface area contributed by atoms with Crippen molar-refractivity contribution in [3.63, 3.8) is 0 Å². The number of nitrogens with one attached hydrogen (secondary N) is 2. The van der Waals surface area contributed by atoms with Gasteiger partial charge >= 0.3 is 0 Å². The number of benzene rings is 1. The molecule has 0 bridgehead atoms. The van der Waals surface area contributed by atoms with Crippen LogP contribution in [0, 0.1) is 0 Å². The van der Waals surface area contributed by atoms with E-state index in [0.29, 0.717) is 11.3 Å². The van der Waals surface area contributed by atoms with Crippen LogP contribution in [0.5, 0.6) is 0 Å². The molecule has 0 radical (unpaired) electrons. The summed E-state index contributed by atoms with van der Waals surface area (Å²) in [6.07, 6.45) is 3.21. The van der Waals surface area contributed by atoms with Crippen molar-refractivity contribution in [1.29, 1.82) is 0 Å².